The summed E-state index contributed by atoms with van der Waals surface area (Å²) in [6.45, 7) is 8.38. The first kappa shape index (κ1) is 64.1. The lowest BCUT2D eigenvalue weighted by atomic mass is 10.00. The number of rotatable bonds is 32. The van der Waals surface area contributed by atoms with Gasteiger partial charge >= 0.3 is 17.9 Å². The number of primary amides is 1. The average molecular weight is 1100 g/mol. The number of hydrogen-bond donors (Lipinski definition) is 14. The van der Waals surface area contributed by atoms with Crippen molar-refractivity contribution in [3.05, 3.63) is 36.0 Å². The SMILES string of the molecule is CC(C)C[C@H](NC(=O)[C@H](CCC(=O)O)NC(=O)[C@H](C)N)C(=O)N[C@@H](CCC(=O)O)C(=O)NCC(=O)N[C@H](C(=O)N[C@@H](Cc1c[nH]c2ccccc12)C(=O)N[C@@H](CCC(N)=O)C(=O)N1CCC[C@H]1C(=O)N[C@@H](C)C(=O)O)C(C)C. The van der Waals surface area contributed by atoms with Crippen LogP contribution in [0.25, 0.3) is 10.9 Å². The third kappa shape index (κ3) is 20.4. The second-order valence-corrected chi connectivity index (χ2v) is 19.9. The Morgan fingerprint density at radius 2 is 1.19 bits per heavy atom. The Labute approximate surface area is 449 Å². The fourth-order valence-corrected chi connectivity index (χ4v) is 8.36. The van der Waals surface area contributed by atoms with Gasteiger partial charge in [0.05, 0.1) is 12.6 Å². The first-order chi connectivity index (χ1) is 36.6. The summed E-state index contributed by atoms with van der Waals surface area (Å²) in [5.41, 5.74) is 12.3. The number of nitrogens with one attached hydrogen (secondary N) is 9. The Balaban J connectivity index is 1.85. The summed E-state index contributed by atoms with van der Waals surface area (Å²) in [5.74, 6) is -13.6. The number of aromatic nitrogens is 1. The predicted octanol–water partition coefficient (Wildman–Crippen LogP) is -2.64. The number of amides is 10. The first-order valence-corrected chi connectivity index (χ1v) is 25.5. The second-order valence-electron chi connectivity index (χ2n) is 19.9. The van der Waals surface area contributed by atoms with E-state index >= 15 is 0 Å². The van der Waals surface area contributed by atoms with Gasteiger partial charge in [0, 0.05) is 49.3 Å². The molecule has 9 atom stereocenters. The van der Waals surface area contributed by atoms with Gasteiger partial charge < -0.3 is 79.2 Å². The maximum atomic E-state index is 14.4. The Kier molecular flexibility index (Phi) is 25.1. The molecule has 3 rings (SSSR count). The number of aromatic amines is 1. The summed E-state index contributed by atoms with van der Waals surface area (Å²) in [6, 6.07) is -5.14. The molecule has 1 aliphatic rings. The van der Waals surface area contributed by atoms with Gasteiger partial charge in [0.1, 0.15) is 48.3 Å². The minimum Gasteiger partial charge on any atom is -0.481 e. The van der Waals surface area contributed by atoms with Crippen LogP contribution in [-0.4, -0.2) is 170 Å². The number of benzene rings is 1. The van der Waals surface area contributed by atoms with Gasteiger partial charge in [-0.15, -0.1) is 0 Å². The molecule has 0 bridgehead atoms. The van der Waals surface area contributed by atoms with Crippen LogP contribution >= 0.6 is 0 Å². The van der Waals surface area contributed by atoms with Crippen molar-refractivity contribution in [1.29, 1.82) is 0 Å². The monoisotopic (exact) mass is 1100 g/mol. The van der Waals surface area contributed by atoms with E-state index < -0.39 is 163 Å². The van der Waals surface area contributed by atoms with E-state index in [1.54, 1.807) is 58.2 Å². The third-order valence-electron chi connectivity index (χ3n) is 12.6. The van der Waals surface area contributed by atoms with Crippen LogP contribution in [0.15, 0.2) is 30.5 Å². The lowest BCUT2D eigenvalue weighted by Gasteiger charge is -2.30. The minimum atomic E-state index is -1.60. The highest BCUT2D eigenvalue weighted by molar-refractivity contribution is 5.99. The molecule has 430 valence electrons. The number of carbonyl (C=O) groups is 13. The van der Waals surface area contributed by atoms with E-state index in [1.165, 1.54) is 18.7 Å². The number of hydrogen-bond acceptors (Lipinski definition) is 14. The molecule has 2 heterocycles. The number of aliphatic carboxylic acids is 3. The van der Waals surface area contributed by atoms with E-state index in [1.807, 2.05) is 0 Å². The Bertz CT molecular complexity index is 2530. The number of carbonyl (C=O) groups excluding carboxylic acids is 10. The van der Waals surface area contributed by atoms with Crippen molar-refractivity contribution in [2.45, 2.75) is 160 Å². The van der Waals surface area contributed by atoms with Gasteiger partial charge in [-0.2, -0.15) is 0 Å². The lowest BCUT2D eigenvalue weighted by Crippen LogP contribution is -2.60. The number of carboxylic acids is 3. The number of para-hydroxylation sites is 1. The van der Waals surface area contributed by atoms with Crippen molar-refractivity contribution in [3.63, 3.8) is 0 Å². The van der Waals surface area contributed by atoms with Gasteiger partial charge in [0.15, 0.2) is 0 Å². The summed E-state index contributed by atoms with van der Waals surface area (Å²) in [4.78, 5) is 173. The Morgan fingerprint density at radius 3 is 1.77 bits per heavy atom. The maximum Gasteiger partial charge on any atom is 0.325 e. The van der Waals surface area contributed by atoms with E-state index in [0.29, 0.717) is 22.9 Å². The number of nitrogens with zero attached hydrogens (tertiary/aromatic N) is 1. The maximum absolute atomic E-state index is 14.4. The van der Waals surface area contributed by atoms with Crippen LogP contribution < -0.4 is 54.0 Å². The molecule has 10 amide bonds. The molecular weight excluding hydrogens is 1020 g/mol. The fourth-order valence-electron chi connectivity index (χ4n) is 8.36. The molecule has 0 aliphatic carbocycles. The lowest BCUT2D eigenvalue weighted by molar-refractivity contribution is -0.144. The van der Waals surface area contributed by atoms with Gasteiger partial charge in [-0.1, -0.05) is 45.9 Å². The second kappa shape index (κ2) is 30.5. The average Bonchev–Trinajstić information content (AvgIpc) is 4.03. The summed E-state index contributed by atoms with van der Waals surface area (Å²) in [5, 5.41) is 48.4. The molecule has 0 saturated carbocycles. The number of carboxylic acid groups (broad SMARTS) is 3. The molecule has 1 saturated heterocycles. The van der Waals surface area contributed by atoms with Crippen LogP contribution in [0.5, 0.6) is 0 Å². The Morgan fingerprint density at radius 1 is 0.654 bits per heavy atom. The summed E-state index contributed by atoms with van der Waals surface area (Å²) >= 11 is 0. The van der Waals surface area contributed by atoms with Crippen molar-refractivity contribution < 1.29 is 77.6 Å². The van der Waals surface area contributed by atoms with E-state index in [2.05, 4.69) is 47.5 Å². The number of nitrogens with two attached hydrogens (primary N) is 2. The molecule has 0 unspecified atom stereocenters. The van der Waals surface area contributed by atoms with E-state index in [9.17, 15) is 77.6 Å². The molecule has 1 aliphatic heterocycles. The minimum absolute atomic E-state index is 0.0345. The zero-order valence-corrected chi connectivity index (χ0v) is 44.5. The van der Waals surface area contributed by atoms with Gasteiger partial charge in [0.2, 0.25) is 59.1 Å². The summed E-state index contributed by atoms with van der Waals surface area (Å²) < 4.78 is 0. The molecule has 0 spiro atoms. The molecule has 78 heavy (non-hydrogen) atoms. The van der Waals surface area contributed by atoms with Gasteiger partial charge in [-0.25, -0.2) is 0 Å². The number of fused-ring (bicyclic) bond motifs is 1. The van der Waals surface area contributed by atoms with Crippen LogP contribution in [-0.2, 0) is 68.7 Å². The van der Waals surface area contributed by atoms with E-state index in [-0.39, 0.29) is 51.0 Å². The number of likely N-dealkylation sites (tertiary alicyclic amines) is 1. The summed E-state index contributed by atoms with van der Waals surface area (Å²) in [7, 11) is 0. The van der Waals surface area contributed by atoms with Gasteiger partial charge in [0.25, 0.3) is 0 Å². The van der Waals surface area contributed by atoms with Crippen LogP contribution in [0.4, 0.5) is 0 Å². The van der Waals surface area contributed by atoms with Crippen molar-refractivity contribution in [3.8, 4) is 0 Å². The van der Waals surface area contributed by atoms with E-state index in [4.69, 9.17) is 11.5 Å². The molecule has 1 aromatic heterocycles. The van der Waals surface area contributed by atoms with Crippen molar-refractivity contribution in [2.75, 3.05) is 13.1 Å². The molecule has 28 nitrogen and oxygen atoms in total. The van der Waals surface area contributed by atoms with Crippen molar-refractivity contribution >= 4 is 87.9 Å². The van der Waals surface area contributed by atoms with E-state index in [0.717, 1.165) is 0 Å². The largest absolute Gasteiger partial charge is 0.481 e. The van der Waals surface area contributed by atoms with Gasteiger partial charge in [-0.05, 0) is 75.8 Å². The highest BCUT2D eigenvalue weighted by atomic mass is 16.4. The molecular formula is C50H74N12O16. The first-order valence-electron chi connectivity index (χ1n) is 25.5. The molecule has 1 aromatic carbocycles. The smallest absolute Gasteiger partial charge is 0.325 e. The third-order valence-corrected chi connectivity index (χ3v) is 12.6. The molecule has 16 N–H and O–H groups in total. The molecule has 0 radical (unpaired) electrons. The summed E-state index contributed by atoms with van der Waals surface area (Å²) in [6.07, 6.45) is -0.811. The van der Waals surface area contributed by atoms with Crippen molar-refractivity contribution in [1.82, 2.24) is 52.4 Å². The van der Waals surface area contributed by atoms with Crippen LogP contribution in [0.3, 0.4) is 0 Å². The van der Waals surface area contributed by atoms with Gasteiger partial charge in [-0.3, -0.25) is 62.3 Å². The Hall–Kier alpha value is -8.17. The van der Waals surface area contributed by atoms with Crippen LogP contribution in [0.1, 0.15) is 105 Å². The quantitative estimate of drug-likeness (QED) is 0.0356. The van der Waals surface area contributed by atoms with Crippen molar-refractivity contribution in [2.24, 2.45) is 23.3 Å². The van der Waals surface area contributed by atoms with Crippen LogP contribution in [0, 0.1) is 11.8 Å². The highest BCUT2D eigenvalue weighted by Gasteiger charge is 2.40. The fraction of sp³-hybridized carbons (Fsp3) is 0.580. The topological polar surface area (TPSA) is 450 Å². The molecule has 2 aromatic rings. The number of H-pyrrole nitrogens is 1. The zero-order chi connectivity index (χ0) is 58.6. The zero-order valence-electron chi connectivity index (χ0n) is 44.5. The predicted molar refractivity (Wildman–Crippen MR) is 277 cm³/mol. The van der Waals surface area contributed by atoms with Crippen LogP contribution in [0.2, 0.25) is 0 Å². The molecule has 1 fully saturated rings. The highest BCUT2D eigenvalue weighted by Crippen LogP contribution is 2.22. The standard InChI is InChI=1S/C50H74N12O16/c1-24(2)20-34(59-44(71)32(15-18-40(67)68)56-42(69)26(5)51)45(72)57-31(14-17-39(65)66)43(70)54-23-38(64)61-41(25(3)4)48(75)60-35(21-28-22-53-30-11-8-7-10-29(28)30)46(73)58-33(13-16-37(52)63)49(76)62-19-9-12-36(62)47(74)55-27(6)50(77)78/h7-8,10-11,22,24-27,31-36,41,53H,9,12-21,23,51H2,1-6H3,(H2,52,63)(H,54,70)(H,55,74)(H,56,69)(H,57,72)(H,58,73)(H,59,71)(H,60,75)(H,61,64)(H,65,66)(H,67,68)(H,77,78)/t26-,27-,31-,32-,33-,34-,35-,36-,41-/m0/s1. The molecule has 28 heteroatoms. The normalized spacial score (nSPS) is 16.2.